The van der Waals surface area contributed by atoms with Gasteiger partial charge in [-0.15, -0.1) is 0 Å². The van der Waals surface area contributed by atoms with E-state index >= 15 is 0 Å². The average molecular weight is 438 g/mol. The molecule has 0 bridgehead atoms. The van der Waals surface area contributed by atoms with Crippen LogP contribution in [0.5, 0.6) is 0 Å². The summed E-state index contributed by atoms with van der Waals surface area (Å²) < 4.78 is 27.5. The Labute approximate surface area is 182 Å². The Balaban J connectivity index is 1.35. The second-order valence-electron chi connectivity index (χ2n) is 7.46. The quantitative estimate of drug-likeness (QED) is 0.641. The summed E-state index contributed by atoms with van der Waals surface area (Å²) in [5, 5.41) is 7.02. The van der Waals surface area contributed by atoms with Crippen molar-refractivity contribution in [3.05, 3.63) is 82.7 Å². The Hall–Kier alpha value is -3.88. The molecular formula is C23H20F2N4O3. The number of hydrogen-bond acceptors (Lipinski definition) is 4. The van der Waals surface area contributed by atoms with Gasteiger partial charge in [-0.2, -0.15) is 5.10 Å². The first-order chi connectivity index (χ1) is 15.4. The molecule has 4 rings (SSSR count). The number of benzene rings is 2. The molecule has 1 unspecified atom stereocenters. The van der Waals surface area contributed by atoms with E-state index in [-0.39, 0.29) is 49.2 Å². The van der Waals surface area contributed by atoms with E-state index in [4.69, 9.17) is 0 Å². The smallest absolute Gasteiger partial charge is 0.266 e. The lowest BCUT2D eigenvalue weighted by molar-refractivity contribution is -0.126. The molecule has 32 heavy (non-hydrogen) atoms. The largest absolute Gasteiger partial charge is 0.354 e. The lowest BCUT2D eigenvalue weighted by atomic mass is 10.1. The van der Waals surface area contributed by atoms with Crippen molar-refractivity contribution < 1.29 is 18.4 Å². The van der Waals surface area contributed by atoms with Crippen molar-refractivity contribution in [2.24, 2.45) is 5.92 Å². The molecular weight excluding hydrogens is 418 g/mol. The molecule has 0 spiro atoms. The fraction of sp³-hybridized carbons (Fsp3) is 0.217. The number of hydrogen-bond donors (Lipinski definition) is 1. The maximum atomic E-state index is 13.1. The number of carbonyl (C=O) groups is 2. The van der Waals surface area contributed by atoms with Gasteiger partial charge in [0.15, 0.2) is 0 Å². The lowest BCUT2D eigenvalue weighted by Crippen LogP contribution is -2.36. The third kappa shape index (κ3) is 4.72. The summed E-state index contributed by atoms with van der Waals surface area (Å²) >= 11 is 0. The second-order valence-corrected chi connectivity index (χ2v) is 7.46. The van der Waals surface area contributed by atoms with E-state index in [0.29, 0.717) is 16.9 Å². The van der Waals surface area contributed by atoms with Crippen LogP contribution in [-0.4, -0.2) is 34.7 Å². The SMILES string of the molecule is O=C(NCCn1nc(-c2ccc(F)cc2)ccc1=O)C1CC(=O)N(c2ccc(F)cc2)C1. The van der Waals surface area contributed by atoms with E-state index in [1.807, 2.05) is 0 Å². The highest BCUT2D eigenvalue weighted by molar-refractivity contribution is 6.00. The van der Waals surface area contributed by atoms with Gasteiger partial charge in [0.05, 0.1) is 18.2 Å². The standard InChI is InChI=1S/C23H20F2N4O3/c24-17-3-1-15(2-4-17)20-9-10-21(30)29(27-20)12-11-26-23(32)16-13-22(31)28(14-16)19-7-5-18(25)6-8-19/h1-10,16H,11-14H2,(H,26,32). The molecule has 2 heterocycles. The zero-order chi connectivity index (χ0) is 22.7. The predicted octanol–water partition coefficient (Wildman–Crippen LogP) is 2.36. The van der Waals surface area contributed by atoms with Crippen LogP contribution in [0, 0.1) is 17.6 Å². The fourth-order valence-electron chi connectivity index (χ4n) is 3.57. The molecule has 1 aromatic heterocycles. The summed E-state index contributed by atoms with van der Waals surface area (Å²) in [4.78, 5) is 38.4. The molecule has 3 aromatic rings. The van der Waals surface area contributed by atoms with Gasteiger partial charge in [0, 0.05) is 36.8 Å². The number of halogens is 2. The van der Waals surface area contributed by atoms with Gasteiger partial charge < -0.3 is 10.2 Å². The second kappa shape index (κ2) is 9.09. The van der Waals surface area contributed by atoms with E-state index in [1.54, 1.807) is 18.2 Å². The summed E-state index contributed by atoms with van der Waals surface area (Å²) in [7, 11) is 0. The van der Waals surface area contributed by atoms with Gasteiger partial charge in [0.1, 0.15) is 11.6 Å². The number of nitrogens with one attached hydrogen (secondary N) is 1. The van der Waals surface area contributed by atoms with Crippen LogP contribution >= 0.6 is 0 Å². The maximum absolute atomic E-state index is 13.1. The first kappa shape index (κ1) is 21.4. The third-order valence-electron chi connectivity index (χ3n) is 5.26. The molecule has 2 amide bonds. The first-order valence-corrected chi connectivity index (χ1v) is 10.1. The van der Waals surface area contributed by atoms with Crippen molar-refractivity contribution in [2.75, 3.05) is 18.0 Å². The van der Waals surface area contributed by atoms with E-state index in [2.05, 4.69) is 10.4 Å². The molecule has 1 N–H and O–H groups in total. The topological polar surface area (TPSA) is 84.3 Å². The highest BCUT2D eigenvalue weighted by Gasteiger charge is 2.34. The summed E-state index contributed by atoms with van der Waals surface area (Å²) in [6.07, 6.45) is 0.0570. The number of carbonyl (C=O) groups excluding carboxylic acids is 2. The van der Waals surface area contributed by atoms with Gasteiger partial charge in [-0.05, 0) is 54.6 Å². The van der Waals surface area contributed by atoms with Crippen LogP contribution in [0.25, 0.3) is 11.3 Å². The molecule has 1 aliphatic heterocycles. The fourth-order valence-corrected chi connectivity index (χ4v) is 3.57. The average Bonchev–Trinajstić information content (AvgIpc) is 3.18. The van der Waals surface area contributed by atoms with Gasteiger partial charge in [0.2, 0.25) is 11.8 Å². The Bertz CT molecular complexity index is 1190. The summed E-state index contributed by atoms with van der Waals surface area (Å²) in [6.45, 7) is 0.496. The molecule has 7 nitrogen and oxygen atoms in total. The summed E-state index contributed by atoms with van der Waals surface area (Å²) in [6, 6.07) is 14.2. The molecule has 164 valence electrons. The molecule has 1 atom stereocenters. The number of nitrogens with zero attached hydrogens (tertiary/aromatic N) is 3. The summed E-state index contributed by atoms with van der Waals surface area (Å²) in [5.41, 5.74) is 1.38. The van der Waals surface area contributed by atoms with Crippen LogP contribution in [0.2, 0.25) is 0 Å². The minimum Gasteiger partial charge on any atom is -0.354 e. The van der Waals surface area contributed by atoms with Crippen molar-refractivity contribution in [3.63, 3.8) is 0 Å². The Morgan fingerprint density at radius 2 is 1.62 bits per heavy atom. The van der Waals surface area contributed by atoms with Crippen LogP contribution in [0.15, 0.2) is 65.5 Å². The molecule has 1 saturated heterocycles. The molecule has 0 aliphatic carbocycles. The minimum absolute atomic E-state index is 0.0570. The van der Waals surface area contributed by atoms with E-state index in [0.717, 1.165) is 0 Å². The summed E-state index contributed by atoms with van der Waals surface area (Å²) in [5.74, 6) is -1.81. The van der Waals surface area contributed by atoms with Gasteiger partial charge in [-0.3, -0.25) is 14.4 Å². The van der Waals surface area contributed by atoms with Crippen molar-refractivity contribution in [1.82, 2.24) is 15.1 Å². The van der Waals surface area contributed by atoms with Crippen molar-refractivity contribution in [3.8, 4) is 11.3 Å². The van der Waals surface area contributed by atoms with Crippen LogP contribution in [0.3, 0.4) is 0 Å². The van der Waals surface area contributed by atoms with Crippen molar-refractivity contribution >= 4 is 17.5 Å². The Morgan fingerprint density at radius 3 is 2.31 bits per heavy atom. The normalized spacial score (nSPS) is 15.8. The van der Waals surface area contributed by atoms with Crippen LogP contribution in [0.1, 0.15) is 6.42 Å². The third-order valence-corrected chi connectivity index (χ3v) is 5.26. The van der Waals surface area contributed by atoms with Crippen LogP contribution < -0.4 is 15.8 Å². The number of anilines is 1. The highest BCUT2D eigenvalue weighted by Crippen LogP contribution is 2.25. The zero-order valence-corrected chi connectivity index (χ0v) is 17.0. The predicted molar refractivity (Wildman–Crippen MR) is 114 cm³/mol. The van der Waals surface area contributed by atoms with E-state index in [9.17, 15) is 23.2 Å². The van der Waals surface area contributed by atoms with Crippen molar-refractivity contribution in [2.45, 2.75) is 13.0 Å². The molecule has 2 aromatic carbocycles. The first-order valence-electron chi connectivity index (χ1n) is 10.1. The molecule has 0 radical (unpaired) electrons. The number of aromatic nitrogens is 2. The highest BCUT2D eigenvalue weighted by atomic mass is 19.1. The number of rotatable bonds is 6. The van der Waals surface area contributed by atoms with Gasteiger partial charge in [-0.1, -0.05) is 0 Å². The van der Waals surface area contributed by atoms with Crippen molar-refractivity contribution in [1.29, 1.82) is 0 Å². The molecule has 0 saturated carbocycles. The van der Waals surface area contributed by atoms with Crippen LogP contribution in [0.4, 0.5) is 14.5 Å². The molecule has 9 heteroatoms. The number of amides is 2. The monoisotopic (exact) mass is 438 g/mol. The molecule has 1 aliphatic rings. The minimum atomic E-state index is -0.539. The van der Waals surface area contributed by atoms with Gasteiger partial charge in [0.25, 0.3) is 5.56 Å². The Kier molecular flexibility index (Phi) is 6.07. The van der Waals surface area contributed by atoms with E-state index in [1.165, 1.54) is 52.0 Å². The van der Waals surface area contributed by atoms with Crippen LogP contribution in [-0.2, 0) is 16.1 Å². The lowest BCUT2D eigenvalue weighted by Gasteiger charge is -2.16. The zero-order valence-electron chi connectivity index (χ0n) is 17.0. The van der Waals surface area contributed by atoms with E-state index < -0.39 is 11.7 Å². The maximum Gasteiger partial charge on any atom is 0.266 e. The Morgan fingerprint density at radius 1 is 0.969 bits per heavy atom. The van der Waals surface area contributed by atoms with Gasteiger partial charge >= 0.3 is 0 Å². The van der Waals surface area contributed by atoms with Gasteiger partial charge in [-0.25, -0.2) is 13.5 Å². The molecule has 1 fully saturated rings.